The van der Waals surface area contributed by atoms with Crippen LogP contribution in [-0.4, -0.2) is 69.1 Å². The number of benzene rings is 2. The van der Waals surface area contributed by atoms with E-state index in [2.05, 4.69) is 5.09 Å². The Balaban J connectivity index is 1.45. The van der Waals surface area contributed by atoms with Gasteiger partial charge in [0, 0.05) is 42.1 Å². The molecule has 0 aromatic heterocycles. The van der Waals surface area contributed by atoms with Gasteiger partial charge in [-0.05, 0) is 0 Å². The summed E-state index contributed by atoms with van der Waals surface area (Å²) in [5.74, 6) is 4.28. The van der Waals surface area contributed by atoms with E-state index in [9.17, 15) is 13.0 Å². The van der Waals surface area contributed by atoms with Gasteiger partial charge >= 0.3 is 0 Å². The standard InChI is InChI=1S/C26H33N2O6PS/c29-35(27-13-7-14-28(16-18-33-19-17-28)15-8-20-36(30,31)32)21-25(23-9-3-1-4-10-23)34-26(22-35)24-11-5-2-6-12-24/h1-6,9-12,21-22H,7-8,13-20H2,(H-,27,29,30,31,32)/p+1. The lowest BCUT2D eigenvalue weighted by Gasteiger charge is -2.41. The van der Waals surface area contributed by atoms with Crippen molar-refractivity contribution in [3.05, 3.63) is 83.4 Å². The molecule has 2 aliphatic rings. The minimum atomic E-state index is -3.97. The summed E-state index contributed by atoms with van der Waals surface area (Å²) in [7, 11) is -7.01. The largest absolute Gasteiger partial charge is 0.456 e. The van der Waals surface area contributed by atoms with E-state index in [4.69, 9.17) is 14.0 Å². The van der Waals surface area contributed by atoms with Crippen molar-refractivity contribution in [1.82, 2.24) is 5.09 Å². The van der Waals surface area contributed by atoms with Gasteiger partial charge in [-0.25, -0.2) is 0 Å². The van der Waals surface area contributed by atoms with Gasteiger partial charge in [0.25, 0.3) is 10.1 Å². The van der Waals surface area contributed by atoms with E-state index in [1.54, 1.807) is 11.6 Å². The van der Waals surface area contributed by atoms with E-state index < -0.39 is 17.4 Å². The molecule has 0 unspecified atom stereocenters. The third kappa shape index (κ3) is 7.62. The van der Waals surface area contributed by atoms with Crippen molar-refractivity contribution < 1.29 is 31.5 Å². The van der Waals surface area contributed by atoms with Crippen LogP contribution in [0.15, 0.2) is 72.3 Å². The van der Waals surface area contributed by atoms with Crippen molar-refractivity contribution in [3.63, 3.8) is 0 Å². The number of hydrogen-bond acceptors (Lipinski definition) is 5. The summed E-state index contributed by atoms with van der Waals surface area (Å²) >= 11 is 0. The van der Waals surface area contributed by atoms with Crippen LogP contribution in [0.3, 0.4) is 0 Å². The summed E-state index contributed by atoms with van der Waals surface area (Å²) in [5, 5.41) is 3.28. The van der Waals surface area contributed by atoms with Gasteiger partial charge in [-0.2, -0.15) is 8.42 Å². The molecule has 2 aromatic rings. The van der Waals surface area contributed by atoms with E-state index in [-0.39, 0.29) is 5.75 Å². The third-order valence-corrected chi connectivity index (χ3v) is 9.34. The summed E-state index contributed by atoms with van der Waals surface area (Å²) in [6.07, 6.45) is 1.16. The minimum absolute atomic E-state index is 0.235. The highest BCUT2D eigenvalue weighted by atomic mass is 32.2. The zero-order valence-electron chi connectivity index (χ0n) is 20.3. The quantitative estimate of drug-likeness (QED) is 0.191. The van der Waals surface area contributed by atoms with Gasteiger partial charge in [-0.3, -0.25) is 14.2 Å². The fourth-order valence-electron chi connectivity index (χ4n) is 4.66. The van der Waals surface area contributed by atoms with Crippen LogP contribution in [0.2, 0.25) is 0 Å². The van der Waals surface area contributed by atoms with Crippen LogP contribution >= 0.6 is 7.29 Å². The molecule has 4 rings (SSSR count). The van der Waals surface area contributed by atoms with Crippen molar-refractivity contribution in [2.24, 2.45) is 0 Å². The lowest BCUT2D eigenvalue weighted by Crippen LogP contribution is -2.56. The molecule has 36 heavy (non-hydrogen) atoms. The molecule has 0 radical (unpaired) electrons. The molecule has 0 aliphatic carbocycles. The first-order valence-corrected chi connectivity index (χ1v) is 15.7. The smallest absolute Gasteiger partial charge is 0.265 e. The van der Waals surface area contributed by atoms with Crippen molar-refractivity contribution in [2.75, 3.05) is 51.7 Å². The lowest BCUT2D eigenvalue weighted by molar-refractivity contribution is -0.935. The van der Waals surface area contributed by atoms with Crippen LogP contribution in [-0.2, 0) is 24.2 Å². The Morgan fingerprint density at radius 2 is 1.39 bits per heavy atom. The molecule has 2 N–H and O–H groups in total. The first kappa shape index (κ1) is 26.8. The Labute approximate surface area is 213 Å². The Morgan fingerprint density at radius 3 is 1.92 bits per heavy atom. The molecule has 2 heterocycles. The van der Waals surface area contributed by atoms with E-state index in [1.165, 1.54) is 0 Å². The van der Waals surface area contributed by atoms with Crippen molar-refractivity contribution >= 4 is 28.9 Å². The molecular weight excluding hydrogens is 499 g/mol. The molecule has 194 valence electrons. The Hall–Kier alpha value is -2.26. The Kier molecular flexibility index (Phi) is 8.83. The van der Waals surface area contributed by atoms with Crippen LogP contribution < -0.4 is 5.09 Å². The normalized spacial score (nSPS) is 19.1. The number of hydrogen-bond donors (Lipinski definition) is 2. The number of nitrogens with one attached hydrogen (secondary N) is 1. The first-order chi connectivity index (χ1) is 17.3. The average molecular weight is 534 g/mol. The maximum atomic E-state index is 14.0. The molecule has 1 saturated heterocycles. The number of quaternary nitrogens is 1. The minimum Gasteiger partial charge on any atom is -0.456 e. The summed E-state index contributed by atoms with van der Waals surface area (Å²) < 4.78 is 57.8. The lowest BCUT2D eigenvalue weighted by atomic mass is 10.2. The van der Waals surface area contributed by atoms with E-state index in [0.717, 1.165) is 41.7 Å². The van der Waals surface area contributed by atoms with Crippen LogP contribution in [0.5, 0.6) is 0 Å². The molecule has 1 fully saturated rings. The van der Waals surface area contributed by atoms with E-state index in [0.29, 0.717) is 44.2 Å². The fourth-order valence-corrected chi connectivity index (χ4v) is 7.02. The maximum absolute atomic E-state index is 14.0. The zero-order chi connectivity index (χ0) is 25.5. The predicted octanol–water partition coefficient (Wildman–Crippen LogP) is 4.40. The van der Waals surface area contributed by atoms with E-state index >= 15 is 0 Å². The van der Waals surface area contributed by atoms with Gasteiger partial charge in [0.05, 0.1) is 32.1 Å². The van der Waals surface area contributed by atoms with Gasteiger partial charge in [0.1, 0.15) is 24.6 Å². The van der Waals surface area contributed by atoms with Gasteiger partial charge in [0.2, 0.25) is 0 Å². The summed E-state index contributed by atoms with van der Waals surface area (Å²) in [4.78, 5) is 0. The van der Waals surface area contributed by atoms with Crippen molar-refractivity contribution in [3.8, 4) is 0 Å². The number of ether oxygens (including phenoxy) is 2. The molecular formula is C26H34N2O6PS+. The molecule has 0 amide bonds. The Bertz CT molecular complexity index is 1170. The zero-order valence-corrected chi connectivity index (χ0v) is 22.0. The first-order valence-electron chi connectivity index (χ1n) is 12.2. The van der Waals surface area contributed by atoms with Crippen LogP contribution in [0.25, 0.3) is 11.5 Å². The van der Waals surface area contributed by atoms with Gasteiger partial charge in [0.15, 0.2) is 7.29 Å². The van der Waals surface area contributed by atoms with E-state index in [1.807, 2.05) is 60.7 Å². The third-order valence-electron chi connectivity index (χ3n) is 6.58. The second-order valence-electron chi connectivity index (χ2n) is 9.28. The Morgan fingerprint density at radius 1 is 0.861 bits per heavy atom. The molecule has 0 saturated carbocycles. The number of rotatable bonds is 11. The molecule has 10 heteroatoms. The molecule has 0 atom stereocenters. The van der Waals surface area contributed by atoms with Gasteiger partial charge < -0.3 is 14.0 Å². The van der Waals surface area contributed by atoms with Crippen LogP contribution in [0.1, 0.15) is 24.0 Å². The van der Waals surface area contributed by atoms with Crippen molar-refractivity contribution in [1.29, 1.82) is 0 Å². The molecule has 0 bridgehead atoms. The molecule has 2 aromatic carbocycles. The topological polar surface area (TPSA) is 102 Å². The van der Waals surface area contributed by atoms with Crippen molar-refractivity contribution in [2.45, 2.75) is 12.8 Å². The summed E-state index contributed by atoms with van der Waals surface area (Å²) in [5.41, 5.74) is 1.72. The SMILES string of the molecule is O=P1(NCCC[N+]2(CCCS(=O)(=O)O)CCOCC2)C=C(c2ccccc2)OC(c2ccccc2)=C1. The summed E-state index contributed by atoms with van der Waals surface area (Å²) in [6.45, 7) is 4.85. The highest BCUT2D eigenvalue weighted by Crippen LogP contribution is 2.53. The second-order valence-corrected chi connectivity index (χ2v) is 13.1. The highest BCUT2D eigenvalue weighted by molar-refractivity contribution is 7.85. The number of nitrogens with zero attached hydrogens (tertiary/aromatic N) is 1. The van der Waals surface area contributed by atoms with Crippen LogP contribution in [0.4, 0.5) is 0 Å². The number of morpholine rings is 1. The fraction of sp³-hybridized carbons (Fsp3) is 0.385. The second kappa shape index (κ2) is 11.9. The van der Waals surface area contributed by atoms with Crippen LogP contribution in [0, 0.1) is 0 Å². The van der Waals surface area contributed by atoms with Gasteiger partial charge in [-0.1, -0.05) is 60.7 Å². The highest BCUT2D eigenvalue weighted by Gasteiger charge is 2.31. The summed E-state index contributed by atoms with van der Waals surface area (Å²) in [6, 6.07) is 19.3. The monoisotopic (exact) mass is 533 g/mol. The molecule has 2 aliphatic heterocycles. The molecule has 0 spiro atoms. The van der Waals surface area contributed by atoms with Gasteiger partial charge in [-0.15, -0.1) is 0 Å². The maximum Gasteiger partial charge on any atom is 0.265 e. The molecule has 8 nitrogen and oxygen atoms in total. The average Bonchev–Trinajstić information content (AvgIpc) is 2.87. The predicted molar refractivity (Wildman–Crippen MR) is 142 cm³/mol.